The molecule has 0 spiro atoms. The third-order valence-electron chi connectivity index (χ3n) is 4.41. The molecule has 1 aliphatic rings. The van der Waals surface area contributed by atoms with Crippen molar-refractivity contribution >= 4 is 29.4 Å². The normalized spacial score (nSPS) is 14.1. The minimum Gasteiger partial charge on any atom is -0.449 e. The highest BCUT2D eigenvalue weighted by atomic mass is 35.5. The molecule has 2 heterocycles. The SMILES string of the molecule is Cc1c2c(nc3ccccc13)CCN(C(=O)OCC(C)C)CC2.Cl. The maximum absolute atomic E-state index is 12.2. The predicted octanol–water partition coefficient (Wildman–Crippen LogP) is 4.16. The van der Waals surface area contributed by atoms with Crippen LogP contribution in [0.25, 0.3) is 10.9 Å². The minimum atomic E-state index is -0.200. The van der Waals surface area contributed by atoms with E-state index in [9.17, 15) is 4.79 Å². The Morgan fingerprint density at radius 2 is 1.96 bits per heavy atom. The Morgan fingerprint density at radius 1 is 1.25 bits per heavy atom. The summed E-state index contributed by atoms with van der Waals surface area (Å²) in [6, 6.07) is 8.25. The van der Waals surface area contributed by atoms with Gasteiger partial charge in [0, 0.05) is 30.6 Å². The van der Waals surface area contributed by atoms with E-state index in [0.29, 0.717) is 25.6 Å². The van der Waals surface area contributed by atoms with Gasteiger partial charge in [-0.05, 0) is 36.5 Å². The number of hydrogen-bond acceptors (Lipinski definition) is 3. The number of fused-ring (bicyclic) bond motifs is 2. The zero-order valence-electron chi connectivity index (χ0n) is 14.5. The summed E-state index contributed by atoms with van der Waals surface area (Å²) in [5, 5.41) is 1.21. The summed E-state index contributed by atoms with van der Waals surface area (Å²) in [7, 11) is 0. The van der Waals surface area contributed by atoms with Crippen LogP contribution in [0.2, 0.25) is 0 Å². The summed E-state index contributed by atoms with van der Waals surface area (Å²) < 4.78 is 5.37. The van der Waals surface area contributed by atoms with Gasteiger partial charge < -0.3 is 9.64 Å². The Balaban J connectivity index is 0.00000208. The molecule has 130 valence electrons. The maximum Gasteiger partial charge on any atom is 0.409 e. The fourth-order valence-corrected chi connectivity index (χ4v) is 3.13. The molecule has 1 aromatic carbocycles. The topological polar surface area (TPSA) is 42.4 Å². The van der Waals surface area contributed by atoms with Crippen molar-refractivity contribution in [1.82, 2.24) is 9.88 Å². The highest BCUT2D eigenvalue weighted by Crippen LogP contribution is 2.25. The average molecular weight is 349 g/mol. The highest BCUT2D eigenvalue weighted by molar-refractivity contribution is 5.85. The van der Waals surface area contributed by atoms with Crippen molar-refractivity contribution in [3.05, 3.63) is 41.1 Å². The summed E-state index contributed by atoms with van der Waals surface area (Å²) in [5.74, 6) is 0.359. The molecule has 0 saturated heterocycles. The van der Waals surface area contributed by atoms with Gasteiger partial charge in [-0.1, -0.05) is 32.0 Å². The van der Waals surface area contributed by atoms with Crippen molar-refractivity contribution in [2.24, 2.45) is 5.92 Å². The van der Waals surface area contributed by atoms with Gasteiger partial charge in [-0.2, -0.15) is 0 Å². The van der Waals surface area contributed by atoms with Crippen LogP contribution in [0.1, 0.15) is 30.7 Å². The molecule has 0 atom stereocenters. The Kier molecular flexibility index (Phi) is 6.05. The summed E-state index contributed by atoms with van der Waals surface area (Å²) >= 11 is 0. The number of carbonyl (C=O) groups excluding carboxylic acids is 1. The van der Waals surface area contributed by atoms with Gasteiger partial charge in [-0.25, -0.2) is 4.79 Å². The van der Waals surface area contributed by atoms with Crippen molar-refractivity contribution in [2.45, 2.75) is 33.6 Å². The molecule has 3 rings (SSSR count). The first-order valence-electron chi connectivity index (χ1n) is 8.35. The number of rotatable bonds is 2. The molecule has 0 unspecified atom stereocenters. The van der Waals surface area contributed by atoms with Crippen LogP contribution in [-0.4, -0.2) is 35.7 Å². The van der Waals surface area contributed by atoms with Crippen molar-refractivity contribution in [2.75, 3.05) is 19.7 Å². The van der Waals surface area contributed by atoms with E-state index in [1.165, 1.54) is 16.5 Å². The number of pyridine rings is 1. The maximum atomic E-state index is 12.2. The number of halogens is 1. The van der Waals surface area contributed by atoms with Gasteiger partial charge >= 0.3 is 6.09 Å². The molecule has 1 aromatic heterocycles. The van der Waals surface area contributed by atoms with Gasteiger partial charge in [0.2, 0.25) is 0 Å². The summed E-state index contributed by atoms with van der Waals surface area (Å²) in [4.78, 5) is 18.8. The fraction of sp³-hybridized carbons (Fsp3) is 0.474. The van der Waals surface area contributed by atoms with Gasteiger partial charge in [-0.3, -0.25) is 4.98 Å². The first-order chi connectivity index (χ1) is 11.1. The standard InChI is InChI=1S/C19H24N2O2.ClH/c1-13(2)12-23-19(22)21-10-8-16-14(3)15-6-4-5-7-17(15)20-18(16)9-11-21;/h4-7,13H,8-12H2,1-3H3;1H. The molecule has 0 saturated carbocycles. The predicted molar refractivity (Wildman–Crippen MR) is 98.9 cm³/mol. The molecule has 0 radical (unpaired) electrons. The Bertz CT molecular complexity index is 731. The summed E-state index contributed by atoms with van der Waals surface area (Å²) in [5.41, 5.74) is 4.76. The van der Waals surface area contributed by atoms with Crippen LogP contribution < -0.4 is 0 Å². The lowest BCUT2D eigenvalue weighted by Crippen LogP contribution is -2.34. The highest BCUT2D eigenvalue weighted by Gasteiger charge is 2.22. The van der Waals surface area contributed by atoms with Gasteiger partial charge in [-0.15, -0.1) is 12.4 Å². The van der Waals surface area contributed by atoms with Crippen molar-refractivity contribution in [3.8, 4) is 0 Å². The molecule has 4 nitrogen and oxygen atoms in total. The number of ether oxygens (including phenoxy) is 1. The lowest BCUT2D eigenvalue weighted by molar-refractivity contribution is 0.0934. The van der Waals surface area contributed by atoms with E-state index >= 15 is 0 Å². The number of hydrogen-bond donors (Lipinski definition) is 0. The second kappa shape index (κ2) is 7.84. The zero-order valence-corrected chi connectivity index (χ0v) is 15.4. The summed E-state index contributed by atoms with van der Waals surface area (Å²) in [6.07, 6.45) is 1.43. The summed E-state index contributed by atoms with van der Waals surface area (Å²) in [6.45, 7) is 8.10. The van der Waals surface area contributed by atoms with E-state index in [4.69, 9.17) is 9.72 Å². The molecule has 1 aliphatic heterocycles. The fourth-order valence-electron chi connectivity index (χ4n) is 3.13. The molecule has 0 bridgehead atoms. The van der Waals surface area contributed by atoms with E-state index in [2.05, 4.69) is 25.1 Å². The van der Waals surface area contributed by atoms with Crippen LogP contribution in [0.15, 0.2) is 24.3 Å². The molecule has 0 N–H and O–H groups in total. The Morgan fingerprint density at radius 3 is 2.71 bits per heavy atom. The largest absolute Gasteiger partial charge is 0.449 e. The third-order valence-corrected chi connectivity index (χ3v) is 4.41. The first kappa shape index (κ1) is 18.5. The number of aryl methyl sites for hydroxylation is 1. The molecule has 0 aliphatic carbocycles. The van der Waals surface area contributed by atoms with Gasteiger partial charge in [0.25, 0.3) is 0 Å². The van der Waals surface area contributed by atoms with Crippen LogP contribution in [0.5, 0.6) is 0 Å². The second-order valence-corrected chi connectivity index (χ2v) is 6.64. The number of nitrogens with zero attached hydrogens (tertiary/aromatic N) is 2. The number of aromatic nitrogens is 1. The second-order valence-electron chi connectivity index (χ2n) is 6.64. The first-order valence-corrected chi connectivity index (χ1v) is 8.35. The van der Waals surface area contributed by atoms with Crippen LogP contribution in [-0.2, 0) is 17.6 Å². The number of amides is 1. The van der Waals surface area contributed by atoms with Crippen LogP contribution >= 0.6 is 12.4 Å². The van der Waals surface area contributed by atoms with E-state index < -0.39 is 0 Å². The molecular formula is C19H25ClN2O2. The molecule has 2 aromatic rings. The van der Waals surface area contributed by atoms with Gasteiger partial charge in [0.1, 0.15) is 0 Å². The van der Waals surface area contributed by atoms with E-state index in [-0.39, 0.29) is 18.5 Å². The molecule has 0 fully saturated rings. The molecular weight excluding hydrogens is 324 g/mol. The van der Waals surface area contributed by atoms with Gasteiger partial charge in [0.15, 0.2) is 0 Å². The number of para-hydroxylation sites is 1. The number of benzene rings is 1. The van der Waals surface area contributed by atoms with Crippen molar-refractivity contribution in [3.63, 3.8) is 0 Å². The van der Waals surface area contributed by atoms with Crippen LogP contribution in [0.3, 0.4) is 0 Å². The molecule has 1 amide bonds. The Labute approximate surface area is 149 Å². The lowest BCUT2D eigenvalue weighted by Gasteiger charge is -2.20. The number of carbonyl (C=O) groups is 1. The smallest absolute Gasteiger partial charge is 0.409 e. The van der Waals surface area contributed by atoms with Crippen LogP contribution in [0, 0.1) is 12.8 Å². The Hall–Kier alpha value is -1.81. The van der Waals surface area contributed by atoms with Crippen molar-refractivity contribution < 1.29 is 9.53 Å². The van der Waals surface area contributed by atoms with Crippen LogP contribution in [0.4, 0.5) is 4.79 Å². The zero-order chi connectivity index (χ0) is 16.4. The molecule has 5 heteroatoms. The lowest BCUT2D eigenvalue weighted by atomic mass is 9.99. The van der Waals surface area contributed by atoms with E-state index in [1.807, 2.05) is 24.8 Å². The van der Waals surface area contributed by atoms with Crippen molar-refractivity contribution in [1.29, 1.82) is 0 Å². The minimum absolute atomic E-state index is 0. The third kappa shape index (κ3) is 3.81. The van der Waals surface area contributed by atoms with E-state index in [0.717, 1.165) is 24.1 Å². The van der Waals surface area contributed by atoms with E-state index in [1.54, 1.807) is 0 Å². The quantitative estimate of drug-likeness (QED) is 0.818. The molecule has 24 heavy (non-hydrogen) atoms. The average Bonchev–Trinajstić information content (AvgIpc) is 2.76. The van der Waals surface area contributed by atoms with Gasteiger partial charge in [0.05, 0.1) is 12.1 Å². The monoisotopic (exact) mass is 348 g/mol.